The lowest BCUT2D eigenvalue weighted by Gasteiger charge is -2.22. The van der Waals surface area contributed by atoms with Gasteiger partial charge in [0.25, 0.3) is 0 Å². The third kappa shape index (κ3) is 2.75. The first-order chi connectivity index (χ1) is 12.3. The maximum atomic E-state index is 14.5. The zero-order valence-electron chi connectivity index (χ0n) is 13.7. The fourth-order valence-electron chi connectivity index (χ4n) is 3.18. The summed E-state index contributed by atoms with van der Waals surface area (Å²) in [7, 11) is -2.98. The summed E-state index contributed by atoms with van der Waals surface area (Å²) in [5.74, 6) is 0. The van der Waals surface area contributed by atoms with Gasteiger partial charge >= 0.3 is 0 Å². The van der Waals surface area contributed by atoms with Gasteiger partial charge in [0.2, 0.25) is 0 Å². The topological polar surface area (TPSA) is 32.9 Å². The van der Waals surface area contributed by atoms with E-state index in [1.807, 2.05) is 103 Å². The van der Waals surface area contributed by atoms with E-state index < -0.39 is 7.14 Å². The minimum atomic E-state index is -2.98. The number of hydrogen-bond donors (Lipinski definition) is 1. The normalized spacial score (nSPS) is 11.4. The largest absolute Gasteiger partial charge is 0.361 e. The third-order valence-electron chi connectivity index (χ3n) is 4.37. The molecule has 0 radical (unpaired) electrons. The minimum Gasteiger partial charge on any atom is -0.361 e. The molecule has 1 aromatic heterocycles. The molecule has 122 valence electrons. The van der Waals surface area contributed by atoms with Crippen molar-refractivity contribution in [2.75, 3.05) is 0 Å². The van der Waals surface area contributed by atoms with E-state index in [4.69, 9.17) is 0 Å². The lowest BCUT2D eigenvalue weighted by molar-refractivity contribution is 0.592. The van der Waals surface area contributed by atoms with Crippen molar-refractivity contribution in [1.29, 1.82) is 0 Å². The molecule has 0 atom stereocenters. The van der Waals surface area contributed by atoms with Gasteiger partial charge in [-0.05, 0) is 12.1 Å². The van der Waals surface area contributed by atoms with Crippen molar-refractivity contribution in [2.24, 2.45) is 0 Å². The van der Waals surface area contributed by atoms with Crippen LogP contribution in [0, 0.1) is 0 Å². The number of nitrogens with one attached hydrogen (secondary N) is 1. The second-order valence-corrected chi connectivity index (χ2v) is 8.61. The molecule has 0 aliphatic carbocycles. The summed E-state index contributed by atoms with van der Waals surface area (Å²) in [6, 6.07) is 31.5. The molecule has 1 N–H and O–H groups in total. The van der Waals surface area contributed by atoms with Crippen LogP contribution >= 0.6 is 7.14 Å². The Kier molecular flexibility index (Phi) is 4.13. The molecule has 0 saturated carbocycles. The highest BCUT2D eigenvalue weighted by Crippen LogP contribution is 2.44. The Hall–Kier alpha value is -2.83. The lowest BCUT2D eigenvalue weighted by Crippen LogP contribution is -2.26. The van der Waals surface area contributed by atoms with Crippen molar-refractivity contribution in [3.05, 3.63) is 103 Å². The minimum absolute atomic E-state index is 0.847. The van der Waals surface area contributed by atoms with E-state index in [0.29, 0.717) is 0 Å². The van der Waals surface area contributed by atoms with E-state index in [-0.39, 0.29) is 0 Å². The van der Waals surface area contributed by atoms with Crippen LogP contribution in [0.3, 0.4) is 0 Å². The van der Waals surface area contributed by atoms with E-state index >= 15 is 0 Å². The summed E-state index contributed by atoms with van der Waals surface area (Å²) < 4.78 is 14.5. The fraction of sp³-hybridized carbons (Fsp3) is 0. The van der Waals surface area contributed by atoms with E-state index in [2.05, 4.69) is 4.98 Å². The predicted octanol–water partition coefficient (Wildman–Crippen LogP) is 4.32. The number of aromatic nitrogens is 1. The Labute approximate surface area is 147 Å². The SMILES string of the molecule is O=P(c1ccccc1)(c1ccccc1)c1ccccc1-c1ccc[nH]1. The van der Waals surface area contributed by atoms with Crippen molar-refractivity contribution in [3.63, 3.8) is 0 Å². The molecular weight excluding hydrogens is 325 g/mol. The van der Waals surface area contributed by atoms with Crippen LogP contribution < -0.4 is 15.9 Å². The molecular formula is C22H18NOP. The van der Waals surface area contributed by atoms with Crippen LogP contribution in [0.1, 0.15) is 0 Å². The van der Waals surface area contributed by atoms with Crippen LogP contribution in [-0.4, -0.2) is 4.98 Å². The number of aromatic amines is 1. The molecule has 0 unspecified atom stereocenters. The average molecular weight is 343 g/mol. The van der Waals surface area contributed by atoms with E-state index in [1.165, 1.54) is 0 Å². The van der Waals surface area contributed by atoms with Gasteiger partial charge in [-0.1, -0.05) is 84.9 Å². The maximum absolute atomic E-state index is 14.5. The summed E-state index contributed by atoms with van der Waals surface area (Å²) in [5.41, 5.74) is 1.95. The second-order valence-electron chi connectivity index (χ2n) is 5.88. The lowest BCUT2D eigenvalue weighted by atomic mass is 10.1. The van der Waals surface area contributed by atoms with E-state index in [0.717, 1.165) is 27.2 Å². The van der Waals surface area contributed by atoms with Crippen molar-refractivity contribution in [3.8, 4) is 11.3 Å². The van der Waals surface area contributed by atoms with Crippen molar-refractivity contribution < 1.29 is 4.57 Å². The van der Waals surface area contributed by atoms with Crippen LogP contribution in [0.4, 0.5) is 0 Å². The third-order valence-corrected chi connectivity index (χ3v) is 7.49. The van der Waals surface area contributed by atoms with E-state index in [9.17, 15) is 4.57 Å². The monoisotopic (exact) mass is 343 g/mol. The van der Waals surface area contributed by atoms with Gasteiger partial charge in [-0.25, -0.2) is 0 Å². The molecule has 0 aliphatic heterocycles. The Morgan fingerprint density at radius 2 is 1.16 bits per heavy atom. The van der Waals surface area contributed by atoms with Gasteiger partial charge in [0.05, 0.1) is 0 Å². The van der Waals surface area contributed by atoms with Gasteiger partial charge in [-0.2, -0.15) is 0 Å². The maximum Gasteiger partial charge on any atom is 0.171 e. The molecule has 4 rings (SSSR count). The molecule has 0 bridgehead atoms. The van der Waals surface area contributed by atoms with Gasteiger partial charge in [0, 0.05) is 33.4 Å². The van der Waals surface area contributed by atoms with Gasteiger partial charge in [-0.15, -0.1) is 0 Å². The molecule has 2 nitrogen and oxygen atoms in total. The molecule has 0 amide bonds. The molecule has 25 heavy (non-hydrogen) atoms. The van der Waals surface area contributed by atoms with Gasteiger partial charge in [0.1, 0.15) is 0 Å². The molecule has 4 aromatic rings. The zero-order chi connectivity index (χ0) is 17.1. The van der Waals surface area contributed by atoms with Gasteiger partial charge < -0.3 is 9.55 Å². The van der Waals surface area contributed by atoms with Crippen molar-refractivity contribution >= 4 is 23.1 Å². The quantitative estimate of drug-likeness (QED) is 0.550. The smallest absolute Gasteiger partial charge is 0.171 e. The van der Waals surface area contributed by atoms with Crippen molar-refractivity contribution in [1.82, 2.24) is 4.98 Å². The first kappa shape index (κ1) is 15.7. The number of rotatable bonds is 4. The standard InChI is InChI=1S/C22H18NOP/c24-25(18-10-3-1-4-11-18,19-12-5-2-6-13-19)22-16-8-7-14-20(22)21-15-9-17-23-21/h1-17,23H. The molecule has 1 heterocycles. The highest BCUT2D eigenvalue weighted by molar-refractivity contribution is 7.85. The zero-order valence-corrected chi connectivity index (χ0v) is 14.6. The van der Waals surface area contributed by atoms with Crippen LogP contribution in [0.25, 0.3) is 11.3 Å². The number of hydrogen-bond acceptors (Lipinski definition) is 1. The van der Waals surface area contributed by atoms with Crippen molar-refractivity contribution in [2.45, 2.75) is 0 Å². The summed E-state index contributed by atoms with van der Waals surface area (Å²) in [6.07, 6.45) is 1.89. The molecule has 0 fully saturated rings. The molecule has 0 saturated heterocycles. The highest BCUT2D eigenvalue weighted by Gasteiger charge is 2.31. The second kappa shape index (κ2) is 6.58. The molecule has 0 spiro atoms. The van der Waals surface area contributed by atoms with Crippen LogP contribution in [0.15, 0.2) is 103 Å². The fourth-order valence-corrected chi connectivity index (χ4v) is 6.05. The van der Waals surface area contributed by atoms with Crippen LogP contribution in [-0.2, 0) is 4.57 Å². The first-order valence-electron chi connectivity index (χ1n) is 8.25. The van der Waals surface area contributed by atoms with E-state index in [1.54, 1.807) is 0 Å². The molecule has 0 aliphatic rings. The molecule has 3 aromatic carbocycles. The first-order valence-corrected chi connectivity index (χ1v) is 9.95. The van der Waals surface area contributed by atoms with Gasteiger partial charge in [0.15, 0.2) is 7.14 Å². The van der Waals surface area contributed by atoms with Crippen LogP contribution in [0.5, 0.6) is 0 Å². The van der Waals surface area contributed by atoms with Crippen LogP contribution in [0.2, 0.25) is 0 Å². The summed E-state index contributed by atoms with van der Waals surface area (Å²) in [4.78, 5) is 3.25. The predicted molar refractivity (Wildman–Crippen MR) is 106 cm³/mol. The number of H-pyrrole nitrogens is 1. The molecule has 3 heteroatoms. The average Bonchev–Trinajstić information content (AvgIpc) is 3.23. The van der Waals surface area contributed by atoms with Gasteiger partial charge in [-0.3, -0.25) is 0 Å². The Balaban J connectivity index is 2.03. The number of benzene rings is 3. The Morgan fingerprint density at radius 3 is 1.72 bits per heavy atom. The Bertz CT molecular complexity index is 965. The Morgan fingerprint density at radius 1 is 0.600 bits per heavy atom. The summed E-state index contributed by atoms with van der Waals surface area (Å²) >= 11 is 0. The summed E-state index contributed by atoms with van der Waals surface area (Å²) in [5, 5.41) is 2.55. The highest BCUT2D eigenvalue weighted by atomic mass is 31.2. The summed E-state index contributed by atoms with van der Waals surface area (Å²) in [6.45, 7) is 0.